The minimum absolute atomic E-state index is 0.0258. The molecule has 4 unspecified atom stereocenters. The molecule has 0 saturated heterocycles. The molecule has 0 aliphatic rings. The molecule has 138 valence electrons. The van der Waals surface area contributed by atoms with Gasteiger partial charge in [-0.15, -0.1) is 24.7 Å². The molecule has 6 nitrogen and oxygen atoms in total. The van der Waals surface area contributed by atoms with Crippen molar-refractivity contribution >= 4 is 11.9 Å². The molecule has 3 N–H and O–H groups in total. The van der Waals surface area contributed by atoms with Crippen LogP contribution in [0.15, 0.2) is 6.20 Å². The molecular formula is C20H23NO5. The fourth-order valence-electron chi connectivity index (χ4n) is 2.73. The average Bonchev–Trinajstić information content (AvgIpc) is 2.59. The van der Waals surface area contributed by atoms with E-state index in [1.807, 2.05) is 0 Å². The predicted octanol–water partition coefficient (Wildman–Crippen LogP) is 2.12. The van der Waals surface area contributed by atoms with Crippen molar-refractivity contribution in [3.63, 3.8) is 0 Å². The van der Waals surface area contributed by atoms with Crippen molar-refractivity contribution in [1.82, 2.24) is 4.98 Å². The van der Waals surface area contributed by atoms with Crippen molar-refractivity contribution in [3.05, 3.63) is 23.0 Å². The van der Waals surface area contributed by atoms with Crippen molar-refractivity contribution in [2.75, 3.05) is 0 Å². The van der Waals surface area contributed by atoms with Crippen LogP contribution in [0.3, 0.4) is 0 Å². The van der Waals surface area contributed by atoms with Crippen molar-refractivity contribution < 1.29 is 24.9 Å². The number of nitrogens with zero attached hydrogens (tertiary/aromatic N) is 1. The van der Waals surface area contributed by atoms with Crippen LogP contribution in [-0.2, 0) is 22.4 Å². The van der Waals surface area contributed by atoms with Crippen LogP contribution in [0.5, 0.6) is 5.75 Å². The number of carbonyl (C=O) groups is 2. The number of aryl methyl sites for hydroxylation is 1. The lowest BCUT2D eigenvalue weighted by Crippen LogP contribution is -2.26. The number of aliphatic carboxylic acids is 2. The van der Waals surface area contributed by atoms with Gasteiger partial charge in [0, 0.05) is 23.6 Å². The highest BCUT2D eigenvalue weighted by Gasteiger charge is 2.30. The fraction of sp³-hybridized carbons (Fsp3) is 0.450. The summed E-state index contributed by atoms with van der Waals surface area (Å²) in [4.78, 5) is 27.2. The number of pyridine rings is 1. The van der Waals surface area contributed by atoms with Crippen LogP contribution in [0, 0.1) is 55.3 Å². The second-order valence-corrected chi connectivity index (χ2v) is 6.40. The van der Waals surface area contributed by atoms with Gasteiger partial charge in [0.1, 0.15) is 5.75 Å². The predicted molar refractivity (Wildman–Crippen MR) is 96.3 cm³/mol. The summed E-state index contributed by atoms with van der Waals surface area (Å²) in [5.74, 6) is -0.360. The third-order valence-electron chi connectivity index (χ3n) is 4.66. The lowest BCUT2D eigenvalue weighted by molar-refractivity contribution is -0.143. The molecule has 1 aromatic heterocycles. The zero-order valence-electron chi connectivity index (χ0n) is 15.1. The minimum atomic E-state index is -1.08. The van der Waals surface area contributed by atoms with E-state index in [1.54, 1.807) is 20.8 Å². The Morgan fingerprint density at radius 3 is 1.96 bits per heavy atom. The van der Waals surface area contributed by atoms with E-state index in [1.165, 1.54) is 6.20 Å². The summed E-state index contributed by atoms with van der Waals surface area (Å²) in [6, 6.07) is 0. The molecule has 0 saturated carbocycles. The van der Waals surface area contributed by atoms with E-state index in [4.69, 9.17) is 12.8 Å². The van der Waals surface area contributed by atoms with Crippen LogP contribution < -0.4 is 0 Å². The molecule has 26 heavy (non-hydrogen) atoms. The SMILES string of the molecule is C#CC(C)C(Cc1cnc(C)c(O)c1CC(C(=O)O)C(C)C#C)C(=O)O. The Bertz CT molecular complexity index is 772. The Morgan fingerprint density at radius 2 is 1.54 bits per heavy atom. The lowest BCUT2D eigenvalue weighted by Gasteiger charge is -2.22. The molecule has 1 rings (SSSR count). The Hall–Kier alpha value is -2.99. The summed E-state index contributed by atoms with van der Waals surface area (Å²) < 4.78 is 0. The Balaban J connectivity index is 3.37. The third-order valence-corrected chi connectivity index (χ3v) is 4.66. The summed E-state index contributed by atoms with van der Waals surface area (Å²) in [6.07, 6.45) is 12.2. The molecule has 0 aliphatic carbocycles. The van der Waals surface area contributed by atoms with Gasteiger partial charge in [0.25, 0.3) is 0 Å². The van der Waals surface area contributed by atoms with Gasteiger partial charge in [0.05, 0.1) is 17.5 Å². The lowest BCUT2D eigenvalue weighted by atomic mass is 9.83. The second kappa shape index (κ2) is 8.92. The molecule has 0 aliphatic heterocycles. The zero-order chi connectivity index (χ0) is 20.0. The van der Waals surface area contributed by atoms with E-state index >= 15 is 0 Å². The van der Waals surface area contributed by atoms with Gasteiger partial charge in [-0.05, 0) is 25.3 Å². The number of carboxylic acid groups (broad SMARTS) is 2. The first-order valence-corrected chi connectivity index (χ1v) is 8.18. The number of terminal acetylenes is 2. The maximum atomic E-state index is 11.6. The van der Waals surface area contributed by atoms with Gasteiger partial charge in [-0.1, -0.05) is 13.8 Å². The van der Waals surface area contributed by atoms with Crippen LogP contribution >= 0.6 is 0 Å². The second-order valence-electron chi connectivity index (χ2n) is 6.40. The highest BCUT2D eigenvalue weighted by molar-refractivity contribution is 5.72. The molecule has 0 fully saturated rings. The molecule has 0 aromatic carbocycles. The summed E-state index contributed by atoms with van der Waals surface area (Å²) >= 11 is 0. The maximum Gasteiger partial charge on any atom is 0.308 e. The largest absolute Gasteiger partial charge is 0.506 e. The van der Waals surface area contributed by atoms with E-state index in [9.17, 15) is 24.9 Å². The number of rotatable bonds is 8. The first-order valence-electron chi connectivity index (χ1n) is 8.18. The van der Waals surface area contributed by atoms with E-state index in [0.29, 0.717) is 16.8 Å². The molecule has 4 atom stereocenters. The molecule has 0 spiro atoms. The molecule has 0 radical (unpaired) electrons. The summed E-state index contributed by atoms with van der Waals surface area (Å²) in [6.45, 7) is 4.83. The van der Waals surface area contributed by atoms with E-state index < -0.39 is 35.6 Å². The average molecular weight is 357 g/mol. The van der Waals surface area contributed by atoms with Crippen molar-refractivity contribution in [1.29, 1.82) is 0 Å². The highest BCUT2D eigenvalue weighted by Crippen LogP contribution is 2.31. The topological polar surface area (TPSA) is 108 Å². The van der Waals surface area contributed by atoms with Gasteiger partial charge in [-0.25, -0.2) is 0 Å². The Morgan fingerprint density at radius 1 is 1.08 bits per heavy atom. The number of aromatic nitrogens is 1. The van der Waals surface area contributed by atoms with Crippen LogP contribution in [0.2, 0.25) is 0 Å². The monoisotopic (exact) mass is 357 g/mol. The van der Waals surface area contributed by atoms with Gasteiger partial charge in [0.15, 0.2) is 0 Å². The molecule has 1 heterocycles. The zero-order valence-corrected chi connectivity index (χ0v) is 15.1. The van der Waals surface area contributed by atoms with Gasteiger partial charge >= 0.3 is 11.9 Å². The molecule has 0 bridgehead atoms. The number of aromatic hydroxyl groups is 1. The minimum Gasteiger partial charge on any atom is -0.506 e. The fourth-order valence-corrected chi connectivity index (χ4v) is 2.73. The highest BCUT2D eigenvalue weighted by atomic mass is 16.4. The van der Waals surface area contributed by atoms with Crippen LogP contribution in [0.4, 0.5) is 0 Å². The number of hydrogen-bond donors (Lipinski definition) is 3. The number of carboxylic acids is 2. The first kappa shape index (κ1) is 21.1. The standard InChI is InChI=1S/C20H23NO5/c1-6-11(3)15(19(23)24)8-14-10-21-13(5)18(22)17(14)9-16(20(25)26)12(4)7-2/h1-2,10-12,15-16,22H,8-9H2,3-5H3,(H,23,24)(H,25,26). The molecular weight excluding hydrogens is 334 g/mol. The van der Waals surface area contributed by atoms with Crippen molar-refractivity contribution in [2.24, 2.45) is 23.7 Å². The Kier molecular flexibility index (Phi) is 7.22. The first-order chi connectivity index (χ1) is 12.1. The van der Waals surface area contributed by atoms with Gasteiger partial charge < -0.3 is 15.3 Å². The van der Waals surface area contributed by atoms with Gasteiger partial charge in [-0.3, -0.25) is 14.6 Å². The van der Waals surface area contributed by atoms with Gasteiger partial charge in [0.2, 0.25) is 0 Å². The summed E-state index contributed by atoms with van der Waals surface area (Å²) in [7, 11) is 0. The molecule has 6 heteroatoms. The van der Waals surface area contributed by atoms with E-state index in [-0.39, 0.29) is 18.6 Å². The number of hydrogen-bond acceptors (Lipinski definition) is 4. The maximum absolute atomic E-state index is 11.6. The van der Waals surface area contributed by atoms with Crippen molar-refractivity contribution in [3.8, 4) is 30.4 Å². The van der Waals surface area contributed by atoms with Gasteiger partial charge in [-0.2, -0.15) is 0 Å². The summed E-state index contributed by atoms with van der Waals surface area (Å²) in [5, 5.41) is 29.3. The quantitative estimate of drug-likeness (QED) is 0.615. The smallest absolute Gasteiger partial charge is 0.308 e. The van der Waals surface area contributed by atoms with Crippen molar-refractivity contribution in [2.45, 2.75) is 33.6 Å². The Labute approximate surface area is 153 Å². The summed E-state index contributed by atoms with van der Waals surface area (Å²) in [5.41, 5.74) is 1.14. The molecule has 1 aromatic rings. The molecule has 0 amide bonds. The van der Waals surface area contributed by atoms with E-state index in [2.05, 4.69) is 16.8 Å². The van der Waals surface area contributed by atoms with E-state index in [0.717, 1.165) is 0 Å². The third kappa shape index (κ3) is 4.77. The van der Waals surface area contributed by atoms with Crippen LogP contribution in [0.25, 0.3) is 0 Å². The van der Waals surface area contributed by atoms with Crippen LogP contribution in [-0.4, -0.2) is 32.2 Å². The normalized spacial score (nSPS) is 15.1. The van der Waals surface area contributed by atoms with Crippen LogP contribution in [0.1, 0.15) is 30.7 Å².